The second-order valence-corrected chi connectivity index (χ2v) is 5.45. The van der Waals surface area contributed by atoms with Crippen molar-refractivity contribution < 1.29 is 9.21 Å². The lowest BCUT2D eigenvalue weighted by Gasteiger charge is -2.21. The third-order valence-corrected chi connectivity index (χ3v) is 3.06. The highest BCUT2D eigenvalue weighted by molar-refractivity contribution is 5.94. The zero-order valence-corrected chi connectivity index (χ0v) is 11.5. The van der Waals surface area contributed by atoms with Crippen molar-refractivity contribution in [2.45, 2.75) is 32.2 Å². The lowest BCUT2D eigenvalue weighted by Crippen LogP contribution is -2.35. The minimum Gasteiger partial charge on any atom is -0.443 e. The molecule has 2 aromatic rings. The van der Waals surface area contributed by atoms with Crippen LogP contribution >= 0.6 is 0 Å². The predicted molar refractivity (Wildman–Crippen MR) is 74.9 cm³/mol. The molecule has 1 heterocycles. The van der Waals surface area contributed by atoms with Crippen LogP contribution in [0.25, 0.3) is 11.1 Å². The Kier molecular flexibility index (Phi) is 3.57. The van der Waals surface area contributed by atoms with Gasteiger partial charge in [0.2, 0.25) is 5.91 Å². The van der Waals surface area contributed by atoms with Crippen molar-refractivity contribution in [1.82, 2.24) is 4.98 Å². The lowest BCUT2D eigenvalue weighted by molar-refractivity contribution is -0.118. The van der Waals surface area contributed by atoms with Gasteiger partial charge in [-0.05, 0) is 32.4 Å². The van der Waals surface area contributed by atoms with Crippen molar-refractivity contribution in [2.75, 3.05) is 11.9 Å². The van der Waals surface area contributed by atoms with Gasteiger partial charge in [0.15, 0.2) is 12.0 Å². The Labute approximate surface area is 112 Å². The summed E-state index contributed by atoms with van der Waals surface area (Å²) < 4.78 is 5.23. The number of anilines is 1. The van der Waals surface area contributed by atoms with Gasteiger partial charge in [-0.25, -0.2) is 4.98 Å². The second-order valence-electron chi connectivity index (χ2n) is 5.45. The Balaban J connectivity index is 2.09. The Bertz CT molecular complexity index is 584. The molecule has 0 bridgehead atoms. The van der Waals surface area contributed by atoms with Crippen molar-refractivity contribution in [2.24, 2.45) is 5.73 Å². The molecule has 0 aliphatic heterocycles. The number of nitrogens with two attached hydrogens (primary N) is 1. The first-order valence-electron chi connectivity index (χ1n) is 6.25. The molecule has 0 radical (unpaired) electrons. The monoisotopic (exact) mass is 261 g/mol. The van der Waals surface area contributed by atoms with Crippen molar-refractivity contribution in [3.63, 3.8) is 0 Å². The van der Waals surface area contributed by atoms with E-state index in [1.807, 2.05) is 32.0 Å². The van der Waals surface area contributed by atoms with Crippen molar-refractivity contribution in [3.05, 3.63) is 24.6 Å². The van der Waals surface area contributed by atoms with Crippen LogP contribution in [0.5, 0.6) is 0 Å². The Morgan fingerprint density at radius 1 is 1.47 bits per heavy atom. The van der Waals surface area contributed by atoms with Crippen molar-refractivity contribution >= 4 is 22.7 Å². The summed E-state index contributed by atoms with van der Waals surface area (Å²) in [6.45, 7) is 3.84. The first-order valence-corrected chi connectivity index (χ1v) is 6.25. The summed E-state index contributed by atoms with van der Waals surface area (Å²) in [6.07, 6.45) is 2.47. The van der Waals surface area contributed by atoms with Gasteiger partial charge >= 0.3 is 0 Å². The van der Waals surface area contributed by atoms with Crippen molar-refractivity contribution in [3.8, 4) is 0 Å². The fourth-order valence-electron chi connectivity index (χ4n) is 1.79. The molecule has 2 N–H and O–H groups in total. The van der Waals surface area contributed by atoms with E-state index in [0.717, 1.165) is 11.2 Å². The van der Waals surface area contributed by atoms with E-state index in [9.17, 15) is 4.79 Å². The zero-order chi connectivity index (χ0) is 14.0. The number of carbonyl (C=O) groups excluding carboxylic acids is 1. The summed E-state index contributed by atoms with van der Waals surface area (Å²) in [5, 5.41) is 0. The van der Waals surface area contributed by atoms with Gasteiger partial charge in [0, 0.05) is 30.8 Å². The maximum absolute atomic E-state index is 12.1. The molecule has 19 heavy (non-hydrogen) atoms. The van der Waals surface area contributed by atoms with Gasteiger partial charge in [0.1, 0.15) is 5.52 Å². The van der Waals surface area contributed by atoms with E-state index in [-0.39, 0.29) is 11.4 Å². The summed E-state index contributed by atoms with van der Waals surface area (Å²) in [6, 6.07) is 5.51. The Morgan fingerprint density at radius 2 is 2.21 bits per heavy atom. The van der Waals surface area contributed by atoms with Crippen molar-refractivity contribution in [1.29, 1.82) is 0 Å². The van der Waals surface area contributed by atoms with E-state index in [1.165, 1.54) is 6.39 Å². The smallest absolute Gasteiger partial charge is 0.226 e. The lowest BCUT2D eigenvalue weighted by atomic mass is 10.00. The van der Waals surface area contributed by atoms with E-state index >= 15 is 0 Å². The fraction of sp³-hybridized carbons (Fsp3) is 0.429. The summed E-state index contributed by atoms with van der Waals surface area (Å²) >= 11 is 0. The minimum absolute atomic E-state index is 0.0393. The molecular weight excluding hydrogens is 242 g/mol. The van der Waals surface area contributed by atoms with Crippen LogP contribution in [-0.2, 0) is 4.79 Å². The van der Waals surface area contributed by atoms with Crippen LogP contribution in [0.2, 0.25) is 0 Å². The maximum atomic E-state index is 12.1. The van der Waals surface area contributed by atoms with Crippen LogP contribution in [0.15, 0.2) is 29.0 Å². The number of amides is 1. The molecule has 1 aromatic heterocycles. The third-order valence-electron chi connectivity index (χ3n) is 3.06. The number of carbonyl (C=O) groups is 1. The van der Waals surface area contributed by atoms with E-state index in [0.29, 0.717) is 18.4 Å². The quantitative estimate of drug-likeness (QED) is 0.916. The van der Waals surface area contributed by atoms with Gasteiger partial charge < -0.3 is 15.1 Å². The van der Waals surface area contributed by atoms with Crippen LogP contribution in [-0.4, -0.2) is 23.5 Å². The number of benzene rings is 1. The molecule has 1 aromatic carbocycles. The summed E-state index contributed by atoms with van der Waals surface area (Å²) in [5.41, 5.74) is 7.82. The van der Waals surface area contributed by atoms with Crippen LogP contribution in [0.4, 0.5) is 5.69 Å². The van der Waals surface area contributed by atoms with Gasteiger partial charge in [0.25, 0.3) is 0 Å². The number of nitrogens with zero attached hydrogens (tertiary/aromatic N) is 2. The predicted octanol–water partition coefficient (Wildman–Crippen LogP) is 2.31. The molecule has 0 saturated heterocycles. The number of hydrogen-bond donors (Lipinski definition) is 1. The van der Waals surface area contributed by atoms with Crippen LogP contribution < -0.4 is 10.6 Å². The molecule has 102 valence electrons. The van der Waals surface area contributed by atoms with Gasteiger partial charge in [-0.3, -0.25) is 4.79 Å². The summed E-state index contributed by atoms with van der Waals surface area (Å²) in [4.78, 5) is 17.8. The molecule has 0 atom stereocenters. The second kappa shape index (κ2) is 5.01. The van der Waals surface area contributed by atoms with E-state index in [2.05, 4.69) is 4.98 Å². The third kappa shape index (κ3) is 3.32. The average molecular weight is 261 g/mol. The Morgan fingerprint density at radius 3 is 2.89 bits per heavy atom. The molecule has 5 nitrogen and oxygen atoms in total. The standard InChI is InChI=1S/C14H19N3O2/c1-14(2,15)7-6-13(18)17(3)10-4-5-11-12(8-10)19-9-16-11/h4-5,8-9H,6-7,15H2,1-3H3. The van der Waals surface area contributed by atoms with E-state index < -0.39 is 0 Å². The highest BCUT2D eigenvalue weighted by Crippen LogP contribution is 2.21. The molecule has 0 unspecified atom stereocenters. The first kappa shape index (κ1) is 13.5. The van der Waals surface area contributed by atoms with Crippen LogP contribution in [0.1, 0.15) is 26.7 Å². The zero-order valence-electron chi connectivity index (χ0n) is 11.5. The number of oxazole rings is 1. The van der Waals surface area contributed by atoms with Gasteiger partial charge in [-0.1, -0.05) is 0 Å². The molecule has 0 saturated carbocycles. The number of rotatable bonds is 4. The van der Waals surface area contributed by atoms with Gasteiger partial charge in [0.05, 0.1) is 0 Å². The molecule has 2 rings (SSSR count). The molecule has 0 spiro atoms. The number of hydrogen-bond acceptors (Lipinski definition) is 4. The molecule has 0 fully saturated rings. The molecule has 1 amide bonds. The van der Waals surface area contributed by atoms with Gasteiger partial charge in [-0.15, -0.1) is 0 Å². The normalized spacial score (nSPS) is 11.8. The van der Waals surface area contributed by atoms with E-state index in [4.69, 9.17) is 10.2 Å². The molecule has 5 heteroatoms. The largest absolute Gasteiger partial charge is 0.443 e. The average Bonchev–Trinajstić information content (AvgIpc) is 2.81. The maximum Gasteiger partial charge on any atom is 0.226 e. The highest BCUT2D eigenvalue weighted by Gasteiger charge is 2.17. The van der Waals surface area contributed by atoms with Crippen LogP contribution in [0.3, 0.4) is 0 Å². The molecular formula is C14H19N3O2. The van der Waals surface area contributed by atoms with E-state index in [1.54, 1.807) is 11.9 Å². The Hall–Kier alpha value is -1.88. The summed E-state index contributed by atoms with van der Waals surface area (Å²) in [7, 11) is 1.75. The number of fused-ring (bicyclic) bond motifs is 1. The highest BCUT2D eigenvalue weighted by atomic mass is 16.3. The van der Waals surface area contributed by atoms with Gasteiger partial charge in [-0.2, -0.15) is 0 Å². The topological polar surface area (TPSA) is 72.4 Å². The SMILES string of the molecule is CN(C(=O)CCC(C)(C)N)c1ccc2ncoc2c1. The molecule has 0 aliphatic rings. The van der Waals surface area contributed by atoms with Crippen LogP contribution in [0, 0.1) is 0 Å². The first-order chi connectivity index (χ1) is 8.87. The minimum atomic E-state index is -0.328. The summed E-state index contributed by atoms with van der Waals surface area (Å²) in [5.74, 6) is 0.0393. The number of aromatic nitrogens is 1. The fourth-order valence-corrected chi connectivity index (χ4v) is 1.79. The molecule has 0 aliphatic carbocycles.